The molecule has 0 amide bonds. The largest absolute Gasteiger partial charge is 0.527 e. The van der Waals surface area contributed by atoms with E-state index < -0.39 is 7.82 Å². The molecule has 0 fully saturated rings. The second-order valence-electron chi connectivity index (χ2n) is 4.95. The first-order valence-corrected chi connectivity index (χ1v) is 8.21. The monoisotopic (exact) mass is 286 g/mol. The van der Waals surface area contributed by atoms with E-state index in [1.165, 1.54) is 6.42 Å². The number of phosphoric ester groups is 1. The second-order valence-corrected chi connectivity index (χ2v) is 6.33. The number of benzene rings is 1. The highest BCUT2D eigenvalue weighted by Gasteiger charge is 2.22. The first-order valence-electron chi connectivity index (χ1n) is 6.71. The smallest absolute Gasteiger partial charge is 0.404 e. The van der Waals surface area contributed by atoms with Crippen LogP contribution in [0.3, 0.4) is 0 Å². The van der Waals surface area contributed by atoms with E-state index in [1.54, 1.807) is 24.3 Å². The summed E-state index contributed by atoms with van der Waals surface area (Å²) in [7, 11) is -3.98. The Labute approximate surface area is 115 Å². The fraction of sp³-hybridized carbons (Fsp3) is 0.571. The standard InChI is InChI=1S/C14H23O4P/c1-13(2)9-5-4-8-12-17-19(15,16)18-14-10-6-3-7-11-14/h3,6-7,10-11,13H,4-5,8-9,12H2,1-2H3,(H,15,16). The molecule has 108 valence electrons. The molecule has 0 aliphatic carbocycles. The summed E-state index contributed by atoms with van der Waals surface area (Å²) in [5.41, 5.74) is 0. The van der Waals surface area contributed by atoms with Gasteiger partial charge in [-0.05, 0) is 24.5 Å². The molecule has 4 nitrogen and oxygen atoms in total. The van der Waals surface area contributed by atoms with Crippen molar-refractivity contribution >= 4 is 7.82 Å². The first-order chi connectivity index (χ1) is 8.99. The molecule has 0 aliphatic rings. The summed E-state index contributed by atoms with van der Waals surface area (Å²) in [5, 5.41) is 0. The van der Waals surface area contributed by atoms with Crippen molar-refractivity contribution in [2.24, 2.45) is 5.92 Å². The van der Waals surface area contributed by atoms with Gasteiger partial charge in [0.1, 0.15) is 5.75 Å². The molecule has 1 aromatic rings. The van der Waals surface area contributed by atoms with Crippen LogP contribution in [0.2, 0.25) is 0 Å². The Balaban J connectivity index is 2.19. The van der Waals surface area contributed by atoms with Crippen LogP contribution in [0.1, 0.15) is 39.5 Å². The highest BCUT2D eigenvalue weighted by molar-refractivity contribution is 7.47. The highest BCUT2D eigenvalue weighted by atomic mass is 31.2. The third kappa shape index (κ3) is 8.04. The van der Waals surface area contributed by atoms with Crippen LogP contribution in [-0.4, -0.2) is 11.5 Å². The molecular weight excluding hydrogens is 263 g/mol. The lowest BCUT2D eigenvalue weighted by atomic mass is 10.1. The summed E-state index contributed by atoms with van der Waals surface area (Å²) in [4.78, 5) is 9.52. The molecule has 0 aliphatic heterocycles. The number of rotatable bonds is 9. The molecule has 0 saturated heterocycles. The lowest BCUT2D eigenvalue weighted by Crippen LogP contribution is -1.99. The van der Waals surface area contributed by atoms with Crippen LogP contribution < -0.4 is 4.52 Å². The number of phosphoric acid groups is 1. The molecule has 5 heteroatoms. The van der Waals surface area contributed by atoms with Gasteiger partial charge in [-0.3, -0.25) is 9.42 Å². The fourth-order valence-electron chi connectivity index (χ4n) is 1.65. The summed E-state index contributed by atoms with van der Waals surface area (Å²) < 4.78 is 21.5. The topological polar surface area (TPSA) is 55.8 Å². The fourth-order valence-corrected chi connectivity index (χ4v) is 2.45. The Kier molecular flexibility index (Phi) is 7.14. The van der Waals surface area contributed by atoms with Gasteiger partial charge in [0.05, 0.1) is 6.61 Å². The highest BCUT2D eigenvalue weighted by Crippen LogP contribution is 2.43. The zero-order valence-corrected chi connectivity index (χ0v) is 12.5. The van der Waals surface area contributed by atoms with Crippen molar-refractivity contribution in [3.63, 3.8) is 0 Å². The number of hydrogen-bond acceptors (Lipinski definition) is 3. The van der Waals surface area contributed by atoms with E-state index in [4.69, 9.17) is 9.05 Å². The third-order valence-electron chi connectivity index (χ3n) is 2.64. The maximum Gasteiger partial charge on any atom is 0.527 e. The van der Waals surface area contributed by atoms with E-state index in [0.717, 1.165) is 19.3 Å². The molecule has 0 radical (unpaired) electrons. The van der Waals surface area contributed by atoms with Gasteiger partial charge < -0.3 is 4.52 Å². The number of hydrogen-bond donors (Lipinski definition) is 1. The van der Waals surface area contributed by atoms with Gasteiger partial charge in [-0.1, -0.05) is 51.3 Å². The molecule has 19 heavy (non-hydrogen) atoms. The normalized spacial score (nSPS) is 14.3. The molecule has 1 N–H and O–H groups in total. The van der Waals surface area contributed by atoms with Crippen molar-refractivity contribution in [3.05, 3.63) is 30.3 Å². The van der Waals surface area contributed by atoms with Crippen LogP contribution in [0.15, 0.2) is 30.3 Å². The minimum Gasteiger partial charge on any atom is -0.404 e. The van der Waals surface area contributed by atoms with Crippen LogP contribution in [-0.2, 0) is 9.09 Å². The van der Waals surface area contributed by atoms with E-state index in [9.17, 15) is 9.46 Å². The second kappa shape index (κ2) is 8.36. The Morgan fingerprint density at radius 2 is 1.84 bits per heavy atom. The predicted octanol–water partition coefficient (Wildman–Crippen LogP) is 4.40. The van der Waals surface area contributed by atoms with Crippen LogP contribution in [0, 0.1) is 5.92 Å². The van der Waals surface area contributed by atoms with Crippen molar-refractivity contribution in [2.45, 2.75) is 39.5 Å². The first kappa shape index (κ1) is 16.2. The van der Waals surface area contributed by atoms with Gasteiger partial charge in [0.2, 0.25) is 0 Å². The van der Waals surface area contributed by atoms with E-state index in [1.807, 2.05) is 6.07 Å². The Morgan fingerprint density at radius 1 is 1.16 bits per heavy atom. The number of para-hydroxylation sites is 1. The quantitative estimate of drug-likeness (QED) is 0.540. The van der Waals surface area contributed by atoms with Gasteiger partial charge in [-0.2, -0.15) is 0 Å². The van der Waals surface area contributed by atoms with Gasteiger partial charge in [0, 0.05) is 0 Å². The average molecular weight is 286 g/mol. The van der Waals surface area contributed by atoms with E-state index in [0.29, 0.717) is 11.7 Å². The molecule has 1 atom stereocenters. The van der Waals surface area contributed by atoms with Crippen LogP contribution in [0.25, 0.3) is 0 Å². The molecular formula is C14H23O4P. The van der Waals surface area contributed by atoms with Crippen molar-refractivity contribution in [3.8, 4) is 5.75 Å². The van der Waals surface area contributed by atoms with Gasteiger partial charge in [0.25, 0.3) is 0 Å². The average Bonchev–Trinajstić information content (AvgIpc) is 2.34. The van der Waals surface area contributed by atoms with Gasteiger partial charge in [-0.25, -0.2) is 4.57 Å². The molecule has 0 saturated carbocycles. The van der Waals surface area contributed by atoms with Crippen LogP contribution >= 0.6 is 7.82 Å². The lowest BCUT2D eigenvalue weighted by Gasteiger charge is -2.12. The summed E-state index contributed by atoms with van der Waals surface area (Å²) in [5.74, 6) is 1.04. The lowest BCUT2D eigenvalue weighted by molar-refractivity contribution is 0.199. The van der Waals surface area contributed by atoms with E-state index in [-0.39, 0.29) is 6.61 Å². The van der Waals surface area contributed by atoms with Crippen molar-refractivity contribution < 1.29 is 18.5 Å². The van der Waals surface area contributed by atoms with Crippen molar-refractivity contribution in [1.29, 1.82) is 0 Å². The Hall–Kier alpha value is -0.830. The van der Waals surface area contributed by atoms with E-state index in [2.05, 4.69) is 13.8 Å². The van der Waals surface area contributed by atoms with Crippen LogP contribution in [0.4, 0.5) is 0 Å². The Morgan fingerprint density at radius 3 is 2.47 bits per heavy atom. The van der Waals surface area contributed by atoms with Crippen molar-refractivity contribution in [2.75, 3.05) is 6.61 Å². The minimum atomic E-state index is -3.98. The zero-order valence-electron chi connectivity index (χ0n) is 11.6. The van der Waals surface area contributed by atoms with E-state index >= 15 is 0 Å². The van der Waals surface area contributed by atoms with Gasteiger partial charge >= 0.3 is 7.82 Å². The molecule has 0 spiro atoms. The zero-order chi connectivity index (χ0) is 14.1. The third-order valence-corrected chi connectivity index (χ3v) is 3.59. The van der Waals surface area contributed by atoms with Crippen molar-refractivity contribution in [1.82, 2.24) is 0 Å². The molecule has 0 heterocycles. The van der Waals surface area contributed by atoms with Gasteiger partial charge in [-0.15, -0.1) is 0 Å². The SMILES string of the molecule is CC(C)CCCCCOP(=O)(O)Oc1ccccc1. The minimum absolute atomic E-state index is 0.249. The predicted molar refractivity (Wildman–Crippen MR) is 76.2 cm³/mol. The molecule has 1 unspecified atom stereocenters. The summed E-state index contributed by atoms with van der Waals surface area (Å²) in [6.45, 7) is 4.62. The summed E-state index contributed by atoms with van der Waals surface area (Å²) in [6.07, 6.45) is 4.08. The Bertz CT molecular complexity index is 392. The molecule has 0 aromatic heterocycles. The molecule has 1 aromatic carbocycles. The number of unbranched alkanes of at least 4 members (excludes halogenated alkanes) is 2. The molecule has 1 rings (SSSR count). The van der Waals surface area contributed by atoms with Gasteiger partial charge in [0.15, 0.2) is 0 Å². The maximum absolute atomic E-state index is 11.6. The van der Waals surface area contributed by atoms with Crippen LogP contribution in [0.5, 0.6) is 5.75 Å². The summed E-state index contributed by atoms with van der Waals surface area (Å²) >= 11 is 0. The maximum atomic E-state index is 11.6. The summed E-state index contributed by atoms with van der Waals surface area (Å²) in [6, 6.07) is 8.52. The molecule has 0 bridgehead atoms.